The van der Waals surface area contributed by atoms with E-state index < -0.39 is 38.0 Å². The molecular weight excluding hydrogens is 645 g/mol. The molecule has 1 unspecified atom stereocenters. The molecule has 13 heteroatoms. The van der Waals surface area contributed by atoms with Crippen molar-refractivity contribution in [3.05, 3.63) is 125 Å². The van der Waals surface area contributed by atoms with Crippen molar-refractivity contribution in [2.75, 3.05) is 20.8 Å². The lowest BCUT2D eigenvalue weighted by Crippen LogP contribution is -2.30. The average Bonchev–Trinajstić information content (AvgIpc) is 3.07. The lowest BCUT2D eigenvalue weighted by molar-refractivity contribution is -0.140. The van der Waals surface area contributed by atoms with Gasteiger partial charge in [0.15, 0.2) is 0 Å². The molecule has 0 saturated heterocycles. The second-order valence-electron chi connectivity index (χ2n) is 10.6. The van der Waals surface area contributed by atoms with Crippen LogP contribution in [-0.2, 0) is 47.3 Å². The molecule has 4 aromatic carbocycles. The third kappa shape index (κ3) is 9.72. The molecule has 2 N–H and O–H groups in total. The Morgan fingerprint density at radius 1 is 0.745 bits per heavy atom. The molecule has 0 aromatic heterocycles. The van der Waals surface area contributed by atoms with E-state index in [2.05, 4.69) is 14.2 Å². The highest BCUT2D eigenvalue weighted by Crippen LogP contribution is 2.27. The summed E-state index contributed by atoms with van der Waals surface area (Å²) in [6, 6.07) is 25.8. The molecule has 0 saturated carbocycles. The Hall–Kier alpha value is -4.56. The van der Waals surface area contributed by atoms with Crippen molar-refractivity contribution in [1.29, 1.82) is 0 Å². The standard InChI is InChI=1S/C34H36N2O9S2/c1-24-9-11-26(12-10-24)23-45-32-18-17-29(22-30(32)34(38)44-3)47(41,42)36-31(27-7-5-4-6-8-27)21-25-13-15-28(16-14-25)46(39,40)35-20-19-33(37)43-2/h4-18,22,31,35-36H,19-21,23H2,1-3H3. The fourth-order valence-electron chi connectivity index (χ4n) is 4.60. The minimum absolute atomic E-state index is 0.0111. The first kappa shape index (κ1) is 35.3. The Kier molecular flexibility index (Phi) is 11.9. The maximum absolute atomic E-state index is 13.7. The summed E-state index contributed by atoms with van der Waals surface area (Å²) in [6.07, 6.45) is 0.0674. The topological polar surface area (TPSA) is 154 Å². The quantitative estimate of drug-likeness (QED) is 0.173. The van der Waals surface area contributed by atoms with Crippen molar-refractivity contribution in [3.8, 4) is 5.75 Å². The first-order valence-corrected chi connectivity index (χ1v) is 17.5. The van der Waals surface area contributed by atoms with E-state index in [0.717, 1.165) is 11.1 Å². The van der Waals surface area contributed by atoms with Crippen LogP contribution < -0.4 is 14.2 Å². The third-order valence-electron chi connectivity index (χ3n) is 7.20. The molecule has 0 heterocycles. The largest absolute Gasteiger partial charge is 0.488 e. The summed E-state index contributed by atoms with van der Waals surface area (Å²) in [5, 5.41) is 0. The zero-order valence-corrected chi connectivity index (χ0v) is 27.8. The number of hydrogen-bond donors (Lipinski definition) is 2. The van der Waals surface area contributed by atoms with Crippen molar-refractivity contribution in [2.24, 2.45) is 0 Å². The van der Waals surface area contributed by atoms with E-state index in [1.807, 2.05) is 31.2 Å². The fraction of sp³-hybridized carbons (Fsp3) is 0.235. The van der Waals surface area contributed by atoms with E-state index in [-0.39, 0.29) is 47.1 Å². The van der Waals surface area contributed by atoms with Crippen LogP contribution in [0.4, 0.5) is 0 Å². The Morgan fingerprint density at radius 2 is 1.38 bits per heavy atom. The van der Waals surface area contributed by atoms with E-state index in [1.165, 1.54) is 44.6 Å². The summed E-state index contributed by atoms with van der Waals surface area (Å²) < 4.78 is 73.1. The molecule has 1 atom stereocenters. The molecular formula is C34H36N2O9S2. The smallest absolute Gasteiger partial charge is 0.341 e. The second-order valence-corrected chi connectivity index (χ2v) is 14.1. The molecule has 0 radical (unpaired) electrons. The van der Waals surface area contributed by atoms with E-state index in [1.54, 1.807) is 42.5 Å². The summed E-state index contributed by atoms with van der Waals surface area (Å²) in [6.45, 7) is 2.01. The number of rotatable bonds is 15. The van der Waals surface area contributed by atoms with Crippen molar-refractivity contribution in [3.63, 3.8) is 0 Å². The summed E-state index contributed by atoms with van der Waals surface area (Å²) in [7, 11) is -5.65. The Labute approximate surface area is 275 Å². The maximum atomic E-state index is 13.7. The molecule has 11 nitrogen and oxygen atoms in total. The van der Waals surface area contributed by atoms with Gasteiger partial charge in [0.2, 0.25) is 20.0 Å². The molecule has 248 valence electrons. The number of benzene rings is 4. The number of carbonyl (C=O) groups excluding carboxylic acids is 2. The van der Waals surface area contributed by atoms with Crippen LogP contribution in [0.5, 0.6) is 5.75 Å². The zero-order chi connectivity index (χ0) is 34.0. The summed E-state index contributed by atoms with van der Waals surface area (Å²) in [4.78, 5) is 23.8. The van der Waals surface area contributed by atoms with Gasteiger partial charge in [0.1, 0.15) is 17.9 Å². The molecule has 47 heavy (non-hydrogen) atoms. The van der Waals surface area contributed by atoms with Gasteiger partial charge in [0.05, 0.1) is 36.5 Å². The van der Waals surface area contributed by atoms with Gasteiger partial charge < -0.3 is 14.2 Å². The molecule has 0 bridgehead atoms. The van der Waals surface area contributed by atoms with Crippen LogP contribution in [0.3, 0.4) is 0 Å². The van der Waals surface area contributed by atoms with Crippen molar-refractivity contribution < 1.29 is 40.6 Å². The van der Waals surface area contributed by atoms with Crippen LogP contribution in [0.15, 0.2) is 107 Å². The summed E-state index contributed by atoms with van der Waals surface area (Å²) >= 11 is 0. The van der Waals surface area contributed by atoms with Crippen molar-refractivity contribution >= 4 is 32.0 Å². The van der Waals surface area contributed by atoms with Gasteiger partial charge >= 0.3 is 11.9 Å². The first-order valence-electron chi connectivity index (χ1n) is 14.6. The van der Waals surface area contributed by atoms with Gasteiger partial charge in [0.25, 0.3) is 0 Å². The molecule has 0 spiro atoms. The van der Waals surface area contributed by atoms with Gasteiger partial charge in [0, 0.05) is 6.54 Å². The molecule has 0 fully saturated rings. The molecule has 0 aliphatic rings. The number of ether oxygens (including phenoxy) is 3. The van der Waals surface area contributed by atoms with Crippen molar-refractivity contribution in [2.45, 2.75) is 42.2 Å². The molecule has 4 rings (SSSR count). The first-order chi connectivity index (χ1) is 22.4. The number of sulfonamides is 2. The number of methoxy groups -OCH3 is 2. The number of nitrogens with one attached hydrogen (secondary N) is 2. The number of carbonyl (C=O) groups is 2. The third-order valence-corrected chi connectivity index (χ3v) is 10.1. The SMILES string of the molecule is COC(=O)CCNS(=O)(=O)c1ccc(CC(NS(=O)(=O)c2ccc(OCc3ccc(C)cc3)c(C(=O)OC)c2)c2ccccc2)cc1. The Balaban J connectivity index is 1.55. The minimum Gasteiger partial charge on any atom is -0.488 e. The Morgan fingerprint density at radius 3 is 2.02 bits per heavy atom. The van der Waals surface area contributed by atoms with Gasteiger partial charge in [-0.15, -0.1) is 0 Å². The molecule has 0 aliphatic carbocycles. The number of aryl methyl sites for hydroxylation is 1. The minimum atomic E-state index is -4.19. The van der Waals surface area contributed by atoms with Gasteiger partial charge in [-0.2, -0.15) is 0 Å². The van der Waals surface area contributed by atoms with Gasteiger partial charge in [-0.25, -0.2) is 31.1 Å². The highest BCUT2D eigenvalue weighted by molar-refractivity contribution is 7.89. The monoisotopic (exact) mass is 680 g/mol. The molecule has 0 aliphatic heterocycles. The molecule has 4 aromatic rings. The van der Waals surface area contributed by atoms with Crippen LogP contribution in [0.1, 0.15) is 45.1 Å². The van der Waals surface area contributed by atoms with Crippen LogP contribution in [-0.4, -0.2) is 49.5 Å². The lowest BCUT2D eigenvalue weighted by Gasteiger charge is -2.20. The van der Waals surface area contributed by atoms with Crippen LogP contribution in [0.25, 0.3) is 0 Å². The fourth-order valence-corrected chi connectivity index (χ4v) is 6.88. The van der Waals surface area contributed by atoms with E-state index in [0.29, 0.717) is 11.1 Å². The predicted molar refractivity (Wildman–Crippen MR) is 175 cm³/mol. The predicted octanol–water partition coefficient (Wildman–Crippen LogP) is 4.46. The van der Waals surface area contributed by atoms with Gasteiger partial charge in [-0.1, -0.05) is 72.3 Å². The van der Waals surface area contributed by atoms with Crippen LogP contribution in [0.2, 0.25) is 0 Å². The summed E-state index contributed by atoms with van der Waals surface area (Å²) in [5.74, 6) is -1.12. The number of hydrogen-bond acceptors (Lipinski definition) is 9. The second kappa shape index (κ2) is 15.8. The van der Waals surface area contributed by atoms with Crippen LogP contribution in [0, 0.1) is 6.92 Å². The maximum Gasteiger partial charge on any atom is 0.341 e. The van der Waals surface area contributed by atoms with Crippen molar-refractivity contribution in [1.82, 2.24) is 9.44 Å². The van der Waals surface area contributed by atoms with Crippen LogP contribution >= 0.6 is 0 Å². The lowest BCUT2D eigenvalue weighted by atomic mass is 10.00. The Bertz CT molecular complexity index is 1900. The average molecular weight is 681 g/mol. The highest BCUT2D eigenvalue weighted by Gasteiger charge is 2.25. The van der Waals surface area contributed by atoms with E-state index >= 15 is 0 Å². The van der Waals surface area contributed by atoms with E-state index in [4.69, 9.17) is 9.47 Å². The zero-order valence-electron chi connectivity index (χ0n) is 26.1. The van der Waals surface area contributed by atoms with Gasteiger partial charge in [-0.05, 0) is 60.4 Å². The summed E-state index contributed by atoms with van der Waals surface area (Å²) in [5.41, 5.74) is 3.24. The highest BCUT2D eigenvalue weighted by atomic mass is 32.2. The number of esters is 2. The van der Waals surface area contributed by atoms with Gasteiger partial charge in [-0.3, -0.25) is 4.79 Å². The molecule has 0 amide bonds. The normalized spacial score (nSPS) is 12.2. The van der Waals surface area contributed by atoms with E-state index in [9.17, 15) is 26.4 Å².